The molecule has 2 N–H and O–H groups in total. The summed E-state index contributed by atoms with van der Waals surface area (Å²) in [4.78, 5) is 20.2. The zero-order valence-corrected chi connectivity index (χ0v) is 17.7. The molecule has 2 aromatic carbocycles. The van der Waals surface area contributed by atoms with Crippen LogP contribution in [0.4, 0.5) is 29.5 Å². The zero-order valence-electron chi connectivity index (χ0n) is 17.7. The molecule has 12 heteroatoms. The van der Waals surface area contributed by atoms with Crippen LogP contribution in [0.2, 0.25) is 0 Å². The molecule has 174 valence electrons. The minimum atomic E-state index is -4.51. The SMILES string of the molecule is COc1ncncc1-c1ccc(C[n+]2cc(NC(=O)Nc3cccc(C(F)(F)F)c3)on2)cc1. The maximum absolute atomic E-state index is 12.8. The lowest BCUT2D eigenvalue weighted by molar-refractivity contribution is -0.754. The number of hydrogen-bond donors (Lipinski definition) is 2. The Balaban J connectivity index is 1.37. The Morgan fingerprint density at radius 1 is 1.15 bits per heavy atom. The number of amides is 2. The van der Waals surface area contributed by atoms with E-state index in [2.05, 4.69) is 25.9 Å². The number of aromatic nitrogens is 4. The van der Waals surface area contributed by atoms with E-state index in [-0.39, 0.29) is 11.6 Å². The van der Waals surface area contributed by atoms with Crippen LogP contribution in [-0.4, -0.2) is 28.4 Å². The third-order valence-corrected chi connectivity index (χ3v) is 4.67. The van der Waals surface area contributed by atoms with E-state index in [1.807, 2.05) is 24.3 Å². The van der Waals surface area contributed by atoms with Gasteiger partial charge in [-0.05, 0) is 28.4 Å². The van der Waals surface area contributed by atoms with Crippen LogP contribution in [0.1, 0.15) is 11.1 Å². The maximum Gasteiger partial charge on any atom is 0.416 e. The summed E-state index contributed by atoms with van der Waals surface area (Å²) in [5.41, 5.74) is 1.65. The molecular weight excluding hydrogens is 453 g/mol. The van der Waals surface area contributed by atoms with Crippen LogP contribution in [0.15, 0.2) is 71.8 Å². The van der Waals surface area contributed by atoms with E-state index in [9.17, 15) is 18.0 Å². The second kappa shape index (κ2) is 9.57. The van der Waals surface area contributed by atoms with Crippen LogP contribution in [0.3, 0.4) is 0 Å². The Labute approximate surface area is 191 Å². The predicted molar refractivity (Wildman–Crippen MR) is 114 cm³/mol. The van der Waals surface area contributed by atoms with Gasteiger partial charge < -0.3 is 10.1 Å². The lowest BCUT2D eigenvalue weighted by Crippen LogP contribution is -2.35. The monoisotopic (exact) mass is 471 g/mol. The van der Waals surface area contributed by atoms with Crippen LogP contribution < -0.4 is 20.1 Å². The highest BCUT2D eigenvalue weighted by Gasteiger charge is 2.30. The average molecular weight is 471 g/mol. The molecule has 0 saturated heterocycles. The molecular formula is C22H18F3N6O3+. The molecule has 0 bridgehead atoms. The second-order valence-electron chi connectivity index (χ2n) is 7.06. The Morgan fingerprint density at radius 2 is 1.94 bits per heavy atom. The molecule has 2 aromatic heterocycles. The molecule has 0 aliphatic carbocycles. The molecule has 0 radical (unpaired) electrons. The van der Waals surface area contributed by atoms with Crippen molar-refractivity contribution in [2.24, 2.45) is 0 Å². The molecule has 0 aliphatic rings. The summed E-state index contributed by atoms with van der Waals surface area (Å²) in [5, 5.41) is 8.55. The van der Waals surface area contributed by atoms with Crippen LogP contribution in [-0.2, 0) is 12.7 Å². The molecule has 0 unspecified atom stereocenters. The van der Waals surface area contributed by atoms with Gasteiger partial charge in [0.25, 0.3) is 6.20 Å². The average Bonchev–Trinajstić information content (AvgIpc) is 3.25. The van der Waals surface area contributed by atoms with Crippen molar-refractivity contribution < 1.29 is 31.9 Å². The van der Waals surface area contributed by atoms with Gasteiger partial charge in [-0.2, -0.15) is 13.2 Å². The minimum absolute atomic E-state index is 0.0137. The molecule has 0 aliphatic heterocycles. The van der Waals surface area contributed by atoms with Crippen molar-refractivity contribution in [3.63, 3.8) is 0 Å². The third kappa shape index (κ3) is 5.46. The van der Waals surface area contributed by atoms with E-state index in [1.54, 1.807) is 6.20 Å². The minimum Gasteiger partial charge on any atom is -0.480 e. The summed E-state index contributed by atoms with van der Waals surface area (Å²) in [6.07, 6.45) is 0.0104. The summed E-state index contributed by atoms with van der Waals surface area (Å²) in [6.45, 7) is 0.350. The molecule has 9 nitrogen and oxygen atoms in total. The van der Waals surface area contributed by atoms with Crippen molar-refractivity contribution in [3.8, 4) is 17.0 Å². The molecule has 0 spiro atoms. The van der Waals surface area contributed by atoms with Crippen LogP contribution in [0.25, 0.3) is 11.1 Å². The molecule has 2 heterocycles. The number of anilines is 2. The van der Waals surface area contributed by atoms with Crippen molar-refractivity contribution in [2.45, 2.75) is 12.7 Å². The van der Waals surface area contributed by atoms with Crippen molar-refractivity contribution in [1.82, 2.24) is 15.2 Å². The summed E-state index contributed by atoms with van der Waals surface area (Å²) < 4.78 is 50.2. The van der Waals surface area contributed by atoms with Crippen LogP contribution >= 0.6 is 0 Å². The van der Waals surface area contributed by atoms with Gasteiger partial charge in [0.2, 0.25) is 17.7 Å². The lowest BCUT2D eigenvalue weighted by atomic mass is 10.1. The summed E-state index contributed by atoms with van der Waals surface area (Å²) >= 11 is 0. The van der Waals surface area contributed by atoms with Crippen molar-refractivity contribution in [2.75, 3.05) is 17.7 Å². The molecule has 2 amide bonds. The number of nitrogens with zero attached hydrogens (tertiary/aromatic N) is 4. The Morgan fingerprint density at radius 3 is 2.68 bits per heavy atom. The van der Waals surface area contributed by atoms with Gasteiger partial charge in [0, 0.05) is 17.4 Å². The first kappa shape index (κ1) is 22.7. The van der Waals surface area contributed by atoms with Gasteiger partial charge in [0.1, 0.15) is 6.33 Å². The summed E-state index contributed by atoms with van der Waals surface area (Å²) in [6, 6.07) is 11.1. The fraction of sp³-hybridized carbons (Fsp3) is 0.136. The smallest absolute Gasteiger partial charge is 0.416 e. The summed E-state index contributed by atoms with van der Waals surface area (Å²) in [7, 11) is 1.53. The number of hydrogen-bond acceptors (Lipinski definition) is 6. The quantitative estimate of drug-likeness (QED) is 0.410. The number of halogens is 3. The van der Waals surface area contributed by atoms with Gasteiger partial charge in [0.05, 0.1) is 18.2 Å². The van der Waals surface area contributed by atoms with Gasteiger partial charge >= 0.3 is 18.1 Å². The van der Waals surface area contributed by atoms with E-state index in [0.29, 0.717) is 12.4 Å². The van der Waals surface area contributed by atoms with E-state index in [1.165, 1.54) is 36.4 Å². The predicted octanol–water partition coefficient (Wildman–Crippen LogP) is 4.14. The Bertz CT molecular complexity index is 1290. The van der Waals surface area contributed by atoms with E-state index < -0.39 is 17.8 Å². The van der Waals surface area contributed by atoms with Crippen molar-refractivity contribution >= 4 is 17.6 Å². The molecule has 0 saturated carbocycles. The number of methoxy groups -OCH3 is 1. The molecule has 4 rings (SSSR count). The molecule has 0 atom stereocenters. The first-order valence-corrected chi connectivity index (χ1v) is 9.87. The van der Waals surface area contributed by atoms with Gasteiger partial charge in [-0.1, -0.05) is 30.3 Å². The highest BCUT2D eigenvalue weighted by molar-refractivity contribution is 5.98. The molecule has 0 fully saturated rings. The fourth-order valence-electron chi connectivity index (χ4n) is 3.11. The number of alkyl halides is 3. The first-order chi connectivity index (χ1) is 16.3. The largest absolute Gasteiger partial charge is 0.480 e. The second-order valence-corrected chi connectivity index (χ2v) is 7.06. The normalized spacial score (nSPS) is 11.2. The topological polar surface area (TPSA) is 106 Å². The number of benzene rings is 2. The maximum atomic E-state index is 12.8. The number of ether oxygens (including phenoxy) is 1. The third-order valence-electron chi connectivity index (χ3n) is 4.67. The Hall–Kier alpha value is -4.48. The first-order valence-electron chi connectivity index (χ1n) is 9.87. The highest BCUT2D eigenvalue weighted by atomic mass is 19.4. The van der Waals surface area contributed by atoms with Crippen LogP contribution in [0, 0.1) is 0 Å². The number of rotatable bonds is 6. The van der Waals surface area contributed by atoms with Gasteiger partial charge in [-0.25, -0.2) is 14.8 Å². The lowest BCUT2D eigenvalue weighted by Gasteiger charge is -2.09. The highest BCUT2D eigenvalue weighted by Crippen LogP contribution is 2.30. The standard InChI is InChI=1S/C22H17F3N6O3/c1-33-20-18(10-26-13-27-20)15-7-5-14(6-8-15)11-31-12-19(34-30-31)29-21(32)28-17-4-2-3-16(9-17)22(23,24)25/h2-10,12-13H,11H2,1H3,(H-,28,29,30,32)/p+1. The molecule has 34 heavy (non-hydrogen) atoms. The number of urea groups is 1. The van der Waals surface area contributed by atoms with Gasteiger partial charge in [0.15, 0.2) is 0 Å². The zero-order chi connectivity index (χ0) is 24.1. The van der Waals surface area contributed by atoms with E-state index >= 15 is 0 Å². The van der Waals surface area contributed by atoms with Gasteiger partial charge in [-0.15, -0.1) is 0 Å². The Kier molecular flexibility index (Phi) is 6.39. The van der Waals surface area contributed by atoms with Gasteiger partial charge in [-0.3, -0.25) is 9.84 Å². The van der Waals surface area contributed by atoms with Crippen molar-refractivity contribution in [1.29, 1.82) is 0 Å². The summed E-state index contributed by atoms with van der Waals surface area (Å²) in [5.74, 6) is 0.486. The number of nitrogens with one attached hydrogen (secondary N) is 2. The van der Waals surface area contributed by atoms with Crippen LogP contribution in [0.5, 0.6) is 5.88 Å². The van der Waals surface area contributed by atoms with E-state index in [4.69, 9.17) is 9.26 Å². The number of carbonyl (C=O) groups is 1. The van der Waals surface area contributed by atoms with Crippen molar-refractivity contribution in [3.05, 3.63) is 78.4 Å². The molecule has 4 aromatic rings. The van der Waals surface area contributed by atoms with E-state index in [0.717, 1.165) is 28.8 Å². The number of carbonyl (C=O) groups excluding carboxylic acids is 1. The fourth-order valence-corrected chi connectivity index (χ4v) is 3.11.